The fourth-order valence-electron chi connectivity index (χ4n) is 3.75. The van der Waals surface area contributed by atoms with Gasteiger partial charge in [0, 0.05) is 25.2 Å². The van der Waals surface area contributed by atoms with Crippen molar-refractivity contribution in [3.05, 3.63) is 53.9 Å². The van der Waals surface area contributed by atoms with E-state index in [9.17, 15) is 18.0 Å². The third-order valence-corrected chi connectivity index (χ3v) is 7.59. The molecule has 0 bridgehead atoms. The SMILES string of the molecule is COC(=O)c1nc(N(C)S(=O)(=O)CCCCCNC(=O)OC(C)(C)C)c2cccnc2c1Oc1ccc(C)cc1. The van der Waals surface area contributed by atoms with Crippen molar-refractivity contribution in [3.63, 3.8) is 0 Å². The van der Waals surface area contributed by atoms with Crippen LogP contribution >= 0.6 is 0 Å². The Kier molecular flexibility index (Phi) is 9.91. The Bertz CT molecular complexity index is 1450. The van der Waals surface area contributed by atoms with Crippen LogP contribution in [0.3, 0.4) is 0 Å². The van der Waals surface area contributed by atoms with Crippen LogP contribution in [0.4, 0.5) is 10.6 Å². The lowest BCUT2D eigenvalue weighted by Crippen LogP contribution is -2.33. The van der Waals surface area contributed by atoms with E-state index in [1.165, 1.54) is 20.4 Å². The zero-order chi connectivity index (χ0) is 29.5. The number of ether oxygens (including phenoxy) is 3. The summed E-state index contributed by atoms with van der Waals surface area (Å²) in [5, 5.41) is 3.05. The summed E-state index contributed by atoms with van der Waals surface area (Å²) in [6.07, 6.45) is 2.52. The first kappa shape index (κ1) is 30.6. The number of methoxy groups -OCH3 is 1. The van der Waals surface area contributed by atoms with Gasteiger partial charge in [-0.05, 0) is 64.8 Å². The van der Waals surface area contributed by atoms with Crippen molar-refractivity contribution < 1.29 is 32.2 Å². The highest BCUT2D eigenvalue weighted by atomic mass is 32.2. The second-order valence-electron chi connectivity index (χ2n) is 10.2. The number of rotatable bonds is 11. The zero-order valence-electron chi connectivity index (χ0n) is 23.7. The number of carbonyl (C=O) groups excluding carboxylic acids is 2. The highest BCUT2D eigenvalue weighted by molar-refractivity contribution is 7.92. The molecule has 0 aliphatic carbocycles. The topological polar surface area (TPSA) is 137 Å². The Balaban J connectivity index is 1.80. The molecule has 40 heavy (non-hydrogen) atoms. The van der Waals surface area contributed by atoms with Crippen molar-refractivity contribution in [2.45, 2.75) is 52.6 Å². The number of aromatic nitrogens is 2. The quantitative estimate of drug-likeness (QED) is 0.249. The van der Waals surface area contributed by atoms with Crippen LogP contribution in [0.15, 0.2) is 42.6 Å². The van der Waals surface area contributed by atoms with Crippen molar-refractivity contribution in [2.24, 2.45) is 0 Å². The number of esters is 1. The number of pyridine rings is 2. The molecule has 0 aliphatic heterocycles. The predicted octanol–water partition coefficient (Wildman–Crippen LogP) is 4.98. The van der Waals surface area contributed by atoms with Crippen LogP contribution in [0.25, 0.3) is 10.9 Å². The number of nitrogens with zero attached hydrogens (tertiary/aromatic N) is 3. The number of alkyl carbamates (subject to hydrolysis) is 1. The summed E-state index contributed by atoms with van der Waals surface area (Å²) in [6, 6.07) is 10.5. The fraction of sp³-hybridized carbons (Fsp3) is 0.429. The van der Waals surface area contributed by atoms with Crippen molar-refractivity contribution in [1.82, 2.24) is 15.3 Å². The molecule has 0 atom stereocenters. The minimum absolute atomic E-state index is 0.0337. The van der Waals surface area contributed by atoms with Crippen LogP contribution < -0.4 is 14.4 Å². The first-order chi connectivity index (χ1) is 18.8. The normalized spacial score (nSPS) is 11.7. The number of benzene rings is 1. The second-order valence-corrected chi connectivity index (χ2v) is 12.3. The van der Waals surface area contributed by atoms with Gasteiger partial charge in [-0.3, -0.25) is 9.29 Å². The monoisotopic (exact) mass is 572 g/mol. The summed E-state index contributed by atoms with van der Waals surface area (Å²) in [4.78, 5) is 33.3. The molecule has 0 fully saturated rings. The molecule has 0 saturated heterocycles. The lowest BCUT2D eigenvalue weighted by Gasteiger charge is -2.22. The van der Waals surface area contributed by atoms with Crippen molar-refractivity contribution in [1.29, 1.82) is 0 Å². The Hall–Kier alpha value is -3.93. The molecule has 0 unspecified atom stereocenters. The van der Waals surface area contributed by atoms with Crippen LogP contribution in [0.1, 0.15) is 56.1 Å². The minimum atomic E-state index is -3.82. The molecule has 1 aromatic carbocycles. The molecule has 3 rings (SSSR count). The van der Waals surface area contributed by atoms with Gasteiger partial charge in [-0.25, -0.2) is 23.0 Å². The maximum absolute atomic E-state index is 13.3. The number of anilines is 1. The minimum Gasteiger partial charge on any atom is -0.464 e. The summed E-state index contributed by atoms with van der Waals surface area (Å²) in [5.41, 5.74) is 0.515. The van der Waals surface area contributed by atoms with Crippen LogP contribution in [0.2, 0.25) is 0 Å². The number of amides is 1. The van der Waals surface area contributed by atoms with E-state index in [1.807, 2.05) is 19.1 Å². The van der Waals surface area contributed by atoms with E-state index in [2.05, 4.69) is 15.3 Å². The smallest absolute Gasteiger partial charge is 0.407 e. The zero-order valence-corrected chi connectivity index (χ0v) is 24.5. The number of hydrogen-bond acceptors (Lipinski definition) is 9. The standard InChI is InChI=1S/C28H36N4O7S/c1-19-12-14-20(15-13-19)38-24-22-21(11-10-17-29-22)25(31-23(24)26(33)37-6)32(5)40(35,36)18-9-7-8-16-30-27(34)39-28(2,3)4/h10-15,17H,7-9,16,18H2,1-6H3,(H,30,34). The number of hydrogen-bond donors (Lipinski definition) is 1. The molecule has 0 saturated carbocycles. The predicted molar refractivity (Wildman–Crippen MR) is 152 cm³/mol. The largest absolute Gasteiger partial charge is 0.464 e. The lowest BCUT2D eigenvalue weighted by molar-refractivity contribution is 0.0525. The maximum Gasteiger partial charge on any atom is 0.407 e. The number of aryl methyl sites for hydroxylation is 1. The molecule has 11 nitrogen and oxygen atoms in total. The molecule has 1 amide bonds. The molecule has 216 valence electrons. The number of nitrogens with one attached hydrogen (secondary N) is 1. The summed E-state index contributed by atoms with van der Waals surface area (Å²) >= 11 is 0. The van der Waals surface area contributed by atoms with Gasteiger partial charge in [-0.2, -0.15) is 0 Å². The first-order valence-electron chi connectivity index (χ1n) is 12.9. The average Bonchev–Trinajstić information content (AvgIpc) is 2.90. The third kappa shape index (κ3) is 8.04. The Morgan fingerprint density at radius 2 is 1.75 bits per heavy atom. The van der Waals surface area contributed by atoms with Crippen LogP contribution in [-0.4, -0.2) is 62.5 Å². The number of fused-ring (bicyclic) bond motifs is 1. The Morgan fingerprint density at radius 1 is 1.05 bits per heavy atom. The first-order valence-corrected chi connectivity index (χ1v) is 14.5. The van der Waals surface area contributed by atoms with Gasteiger partial charge < -0.3 is 19.5 Å². The lowest BCUT2D eigenvalue weighted by atomic mass is 10.2. The molecular weight excluding hydrogens is 536 g/mol. The van der Waals surface area contributed by atoms with E-state index in [0.717, 1.165) is 9.87 Å². The van der Waals surface area contributed by atoms with Crippen molar-refractivity contribution in [3.8, 4) is 11.5 Å². The van der Waals surface area contributed by atoms with Gasteiger partial charge in [0.05, 0.1) is 12.9 Å². The molecule has 3 aromatic rings. The molecule has 2 heterocycles. The highest BCUT2D eigenvalue weighted by Gasteiger charge is 2.28. The van der Waals surface area contributed by atoms with E-state index in [-0.39, 0.29) is 28.5 Å². The van der Waals surface area contributed by atoms with Gasteiger partial charge in [0.25, 0.3) is 0 Å². The molecule has 12 heteroatoms. The van der Waals surface area contributed by atoms with Gasteiger partial charge in [-0.1, -0.05) is 24.1 Å². The van der Waals surface area contributed by atoms with Crippen LogP contribution in [-0.2, 0) is 19.5 Å². The summed E-state index contributed by atoms with van der Waals surface area (Å²) in [5.74, 6) is -0.391. The van der Waals surface area contributed by atoms with Crippen LogP contribution in [0.5, 0.6) is 11.5 Å². The molecular formula is C28H36N4O7S. The molecule has 1 N–H and O–H groups in total. The van der Waals surface area contributed by atoms with Gasteiger partial charge in [-0.15, -0.1) is 0 Å². The third-order valence-electron chi connectivity index (χ3n) is 5.78. The number of carbonyl (C=O) groups is 2. The Labute approximate surface area is 234 Å². The maximum atomic E-state index is 13.3. The second kappa shape index (κ2) is 12.9. The van der Waals surface area contributed by atoms with E-state index in [4.69, 9.17) is 14.2 Å². The molecule has 0 radical (unpaired) electrons. The van der Waals surface area contributed by atoms with Crippen molar-refractivity contribution >= 4 is 38.8 Å². The van der Waals surface area contributed by atoms with E-state index in [0.29, 0.717) is 36.9 Å². The van der Waals surface area contributed by atoms with Gasteiger partial charge in [0.1, 0.15) is 16.9 Å². The Morgan fingerprint density at radius 3 is 2.40 bits per heavy atom. The van der Waals surface area contributed by atoms with E-state index < -0.39 is 27.7 Å². The average molecular weight is 573 g/mol. The molecule has 2 aromatic heterocycles. The van der Waals surface area contributed by atoms with E-state index >= 15 is 0 Å². The molecule has 0 spiro atoms. The summed E-state index contributed by atoms with van der Waals surface area (Å²) < 4.78 is 43.7. The summed E-state index contributed by atoms with van der Waals surface area (Å²) in [6.45, 7) is 7.64. The summed E-state index contributed by atoms with van der Waals surface area (Å²) in [7, 11) is -1.23. The van der Waals surface area contributed by atoms with Crippen LogP contribution in [0, 0.1) is 6.92 Å². The van der Waals surface area contributed by atoms with Gasteiger partial charge in [0.15, 0.2) is 17.3 Å². The highest BCUT2D eigenvalue weighted by Crippen LogP contribution is 2.37. The fourth-order valence-corrected chi connectivity index (χ4v) is 5.00. The van der Waals surface area contributed by atoms with Gasteiger partial charge in [0.2, 0.25) is 10.0 Å². The molecule has 0 aliphatic rings. The number of sulfonamides is 1. The van der Waals surface area contributed by atoms with E-state index in [1.54, 1.807) is 45.0 Å². The number of unbranched alkanes of at least 4 members (excludes halogenated alkanes) is 2. The van der Waals surface area contributed by atoms with Crippen molar-refractivity contribution in [2.75, 3.05) is 30.8 Å². The van der Waals surface area contributed by atoms with Gasteiger partial charge >= 0.3 is 12.1 Å².